The highest BCUT2D eigenvalue weighted by molar-refractivity contribution is 6.04. The van der Waals surface area contributed by atoms with Crippen LogP contribution in [-0.4, -0.2) is 58.1 Å². The normalized spacial score (nSPS) is 22.3. The molecule has 1 aromatic heterocycles. The van der Waals surface area contributed by atoms with Crippen LogP contribution in [-0.2, 0) is 16.0 Å². The molecule has 1 aliphatic carbocycles. The predicted octanol–water partition coefficient (Wildman–Crippen LogP) is 2.88. The number of aliphatic hydroxyl groups is 1. The number of nitrogens with one attached hydrogen (secondary N) is 2. The van der Waals surface area contributed by atoms with E-state index in [0.29, 0.717) is 11.3 Å². The minimum Gasteiger partial charge on any atom is -0.391 e. The standard InChI is InChI=1S/C28H34N6O3/c29-18-33-17-23(35)15-25(33)28(37)34(22-11-10-19-6-5-13-31-24(19)14-22)26(20-7-4-12-30-16-20)27(36)32-21-8-2-1-3-9-21/h4,7,10-12,14,16,21,23,25-26,31,35H,1-3,5-6,8-9,13,15,17H2,(H,32,36). The van der Waals surface area contributed by atoms with Gasteiger partial charge in [-0.3, -0.25) is 24.4 Å². The van der Waals surface area contributed by atoms with Crippen molar-refractivity contribution in [3.05, 3.63) is 53.9 Å². The van der Waals surface area contributed by atoms with Gasteiger partial charge >= 0.3 is 0 Å². The Morgan fingerprint density at radius 1 is 1.22 bits per heavy atom. The lowest BCUT2D eigenvalue weighted by Gasteiger charge is -2.36. The second-order valence-corrected chi connectivity index (χ2v) is 10.3. The number of nitrogens with zero attached hydrogens (tertiary/aromatic N) is 4. The Hall–Kier alpha value is -3.64. The molecule has 2 amide bonds. The van der Waals surface area contributed by atoms with E-state index in [4.69, 9.17) is 0 Å². The number of hydrogen-bond donors (Lipinski definition) is 3. The minimum absolute atomic E-state index is 0.0616. The monoisotopic (exact) mass is 502 g/mol. The van der Waals surface area contributed by atoms with E-state index in [-0.39, 0.29) is 30.8 Å². The first-order chi connectivity index (χ1) is 18.0. The number of rotatable bonds is 6. The highest BCUT2D eigenvalue weighted by Gasteiger charge is 2.43. The second-order valence-electron chi connectivity index (χ2n) is 10.3. The molecule has 3 unspecified atom stereocenters. The van der Waals surface area contributed by atoms with Crippen LogP contribution in [0.25, 0.3) is 0 Å². The molecular weight excluding hydrogens is 468 g/mol. The maximum absolute atomic E-state index is 14.2. The van der Waals surface area contributed by atoms with Crippen molar-refractivity contribution in [2.75, 3.05) is 23.3 Å². The molecule has 2 aliphatic heterocycles. The second kappa shape index (κ2) is 11.2. The number of likely N-dealkylation sites (tertiary alicyclic amines) is 1. The molecule has 9 heteroatoms. The molecule has 3 N–H and O–H groups in total. The van der Waals surface area contributed by atoms with Crippen LogP contribution in [0.3, 0.4) is 0 Å². The average Bonchev–Trinajstić information content (AvgIpc) is 3.32. The van der Waals surface area contributed by atoms with Crippen LogP contribution in [0.1, 0.15) is 62.1 Å². The van der Waals surface area contributed by atoms with Crippen LogP contribution >= 0.6 is 0 Å². The minimum atomic E-state index is -0.969. The number of hydrogen-bond acceptors (Lipinski definition) is 7. The first-order valence-electron chi connectivity index (χ1n) is 13.3. The third-order valence-corrected chi connectivity index (χ3v) is 7.70. The van der Waals surface area contributed by atoms with E-state index in [1.807, 2.05) is 18.2 Å². The molecule has 1 aromatic carbocycles. The third kappa shape index (κ3) is 5.39. The van der Waals surface area contributed by atoms with E-state index in [2.05, 4.69) is 21.8 Å². The SMILES string of the molecule is N#CN1CC(O)CC1C(=O)N(c1ccc2c(c1)NCCC2)C(C(=O)NC1CCCCC1)c1cccnc1. The lowest BCUT2D eigenvalue weighted by molar-refractivity contribution is -0.128. The number of amides is 2. The van der Waals surface area contributed by atoms with E-state index in [1.54, 1.807) is 24.5 Å². The van der Waals surface area contributed by atoms with Crippen LogP contribution in [0.2, 0.25) is 0 Å². The number of pyridine rings is 1. The highest BCUT2D eigenvalue weighted by atomic mass is 16.3. The Bertz CT molecular complexity index is 1160. The number of anilines is 2. The molecule has 3 heterocycles. The first-order valence-corrected chi connectivity index (χ1v) is 13.3. The lowest BCUT2D eigenvalue weighted by atomic mass is 9.94. The summed E-state index contributed by atoms with van der Waals surface area (Å²) >= 11 is 0. The lowest BCUT2D eigenvalue weighted by Crippen LogP contribution is -2.51. The molecule has 0 radical (unpaired) electrons. The van der Waals surface area contributed by atoms with Gasteiger partial charge in [0.05, 0.1) is 12.6 Å². The van der Waals surface area contributed by atoms with Gasteiger partial charge in [-0.1, -0.05) is 31.4 Å². The predicted molar refractivity (Wildman–Crippen MR) is 139 cm³/mol. The summed E-state index contributed by atoms with van der Waals surface area (Å²) < 4.78 is 0. The van der Waals surface area contributed by atoms with E-state index in [0.717, 1.165) is 50.8 Å². The summed E-state index contributed by atoms with van der Waals surface area (Å²) in [6.07, 6.45) is 11.8. The molecule has 9 nitrogen and oxygen atoms in total. The number of aliphatic hydroxyl groups excluding tert-OH is 1. The van der Waals surface area contributed by atoms with Crippen molar-refractivity contribution in [2.24, 2.45) is 0 Å². The molecular formula is C28H34N6O3. The van der Waals surface area contributed by atoms with Crippen LogP contribution < -0.4 is 15.5 Å². The summed E-state index contributed by atoms with van der Waals surface area (Å²) in [5, 5.41) is 26.6. The number of nitriles is 1. The summed E-state index contributed by atoms with van der Waals surface area (Å²) in [7, 11) is 0. The van der Waals surface area contributed by atoms with Crippen molar-refractivity contribution < 1.29 is 14.7 Å². The molecule has 0 bridgehead atoms. The van der Waals surface area contributed by atoms with Gasteiger partial charge in [0.15, 0.2) is 6.19 Å². The number of carbonyl (C=O) groups excluding carboxylic acids is 2. The van der Waals surface area contributed by atoms with Crippen molar-refractivity contribution in [3.8, 4) is 6.19 Å². The van der Waals surface area contributed by atoms with E-state index in [9.17, 15) is 20.0 Å². The summed E-state index contributed by atoms with van der Waals surface area (Å²) in [5.74, 6) is -0.650. The van der Waals surface area contributed by atoms with E-state index in [1.165, 1.54) is 21.8 Å². The highest BCUT2D eigenvalue weighted by Crippen LogP contribution is 2.35. The topological polar surface area (TPSA) is 122 Å². The van der Waals surface area contributed by atoms with Gasteiger partial charge in [-0.15, -0.1) is 0 Å². The van der Waals surface area contributed by atoms with Gasteiger partial charge in [0, 0.05) is 48.3 Å². The van der Waals surface area contributed by atoms with Gasteiger partial charge in [0.25, 0.3) is 5.91 Å². The average molecular weight is 503 g/mol. The molecule has 5 rings (SSSR count). The van der Waals surface area contributed by atoms with Gasteiger partial charge in [0.1, 0.15) is 12.1 Å². The Kier molecular flexibility index (Phi) is 7.56. The van der Waals surface area contributed by atoms with Crippen LogP contribution in [0.4, 0.5) is 11.4 Å². The van der Waals surface area contributed by atoms with Crippen molar-refractivity contribution in [1.29, 1.82) is 5.26 Å². The molecule has 1 saturated carbocycles. The number of aryl methyl sites for hydroxylation is 1. The summed E-state index contributed by atoms with van der Waals surface area (Å²) in [5.41, 5.74) is 3.28. The number of carbonyl (C=O) groups is 2. The largest absolute Gasteiger partial charge is 0.391 e. The number of fused-ring (bicyclic) bond motifs is 1. The van der Waals surface area contributed by atoms with E-state index >= 15 is 0 Å². The van der Waals surface area contributed by atoms with Crippen LogP contribution in [0, 0.1) is 11.5 Å². The Labute approximate surface area is 217 Å². The zero-order chi connectivity index (χ0) is 25.8. The smallest absolute Gasteiger partial charge is 0.251 e. The van der Waals surface area contributed by atoms with Crippen molar-refractivity contribution in [1.82, 2.24) is 15.2 Å². The van der Waals surface area contributed by atoms with E-state index < -0.39 is 18.2 Å². The molecule has 194 valence electrons. The maximum Gasteiger partial charge on any atom is 0.251 e. The zero-order valence-electron chi connectivity index (χ0n) is 21.0. The molecule has 37 heavy (non-hydrogen) atoms. The fourth-order valence-corrected chi connectivity index (χ4v) is 5.80. The molecule has 3 aliphatic rings. The maximum atomic E-state index is 14.2. The molecule has 2 fully saturated rings. The molecule has 2 aromatic rings. The number of aromatic nitrogens is 1. The van der Waals surface area contributed by atoms with Gasteiger partial charge < -0.3 is 15.7 Å². The number of β-amino-alcohol motifs (C(OH)–C–C–N with tert-alkyl or cyclic N) is 1. The third-order valence-electron chi connectivity index (χ3n) is 7.70. The van der Waals surface area contributed by atoms with Crippen molar-refractivity contribution in [3.63, 3.8) is 0 Å². The Morgan fingerprint density at radius 3 is 2.81 bits per heavy atom. The van der Waals surface area contributed by atoms with Gasteiger partial charge in [-0.25, -0.2) is 0 Å². The van der Waals surface area contributed by atoms with Gasteiger partial charge in [0.2, 0.25) is 5.91 Å². The Morgan fingerprint density at radius 2 is 2.05 bits per heavy atom. The zero-order valence-corrected chi connectivity index (χ0v) is 21.0. The van der Waals surface area contributed by atoms with Crippen molar-refractivity contribution >= 4 is 23.2 Å². The first kappa shape index (κ1) is 25.0. The quantitative estimate of drug-likeness (QED) is 0.519. The Balaban J connectivity index is 1.58. The molecule has 1 saturated heterocycles. The molecule has 3 atom stereocenters. The van der Waals surface area contributed by atoms with Gasteiger partial charge in [-0.05, 0) is 49.4 Å². The summed E-state index contributed by atoms with van der Waals surface area (Å²) in [6, 6.07) is 7.60. The number of benzene rings is 1. The van der Waals surface area contributed by atoms with Crippen molar-refractivity contribution in [2.45, 2.75) is 75.6 Å². The summed E-state index contributed by atoms with van der Waals surface area (Å²) in [6.45, 7) is 0.938. The molecule has 0 spiro atoms. The van der Waals surface area contributed by atoms with Gasteiger partial charge in [-0.2, -0.15) is 5.26 Å². The fraction of sp³-hybridized carbons (Fsp3) is 0.500. The summed E-state index contributed by atoms with van der Waals surface area (Å²) in [4.78, 5) is 35.3. The fourth-order valence-electron chi connectivity index (χ4n) is 5.80. The van der Waals surface area contributed by atoms with Crippen LogP contribution in [0.5, 0.6) is 0 Å². The van der Waals surface area contributed by atoms with Crippen LogP contribution in [0.15, 0.2) is 42.7 Å².